The Morgan fingerprint density at radius 3 is 2.56 bits per heavy atom. The van der Waals surface area contributed by atoms with Gasteiger partial charge in [0, 0.05) is 64.8 Å². The normalized spacial score (nSPS) is 27.6. The van der Waals surface area contributed by atoms with Crippen molar-refractivity contribution < 1.29 is 14.3 Å². The Labute approximate surface area is 162 Å². The first kappa shape index (κ1) is 22.4. The van der Waals surface area contributed by atoms with E-state index in [4.69, 9.17) is 4.74 Å². The Bertz CT molecular complexity index is 449. The maximum absolute atomic E-state index is 12.6. The van der Waals surface area contributed by atoms with Crippen molar-refractivity contribution in [2.45, 2.75) is 19.4 Å². The van der Waals surface area contributed by atoms with Gasteiger partial charge in [-0.15, -0.1) is 24.8 Å². The molecular formula is C16H30Cl2N4O3. The molecule has 1 N–H and O–H groups in total. The van der Waals surface area contributed by atoms with Crippen molar-refractivity contribution in [2.75, 3.05) is 65.6 Å². The summed E-state index contributed by atoms with van der Waals surface area (Å²) in [6.45, 7) is 10.0. The molecule has 9 heteroatoms. The first-order valence-electron chi connectivity index (χ1n) is 8.73. The smallest absolute Gasteiger partial charge is 0.228 e. The minimum atomic E-state index is -0.155. The van der Waals surface area contributed by atoms with E-state index < -0.39 is 0 Å². The Kier molecular flexibility index (Phi) is 9.45. The summed E-state index contributed by atoms with van der Waals surface area (Å²) >= 11 is 0. The van der Waals surface area contributed by atoms with E-state index >= 15 is 0 Å². The monoisotopic (exact) mass is 396 g/mol. The van der Waals surface area contributed by atoms with Gasteiger partial charge >= 0.3 is 0 Å². The number of nitrogens with zero attached hydrogens (tertiary/aromatic N) is 3. The van der Waals surface area contributed by atoms with Crippen molar-refractivity contribution in [1.82, 2.24) is 20.0 Å². The number of hydrogen-bond acceptors (Lipinski definition) is 5. The summed E-state index contributed by atoms with van der Waals surface area (Å²) in [6.07, 6.45) is 0.375. The quantitative estimate of drug-likeness (QED) is 0.714. The van der Waals surface area contributed by atoms with Gasteiger partial charge in [0.15, 0.2) is 0 Å². The van der Waals surface area contributed by atoms with Gasteiger partial charge in [-0.3, -0.25) is 14.5 Å². The van der Waals surface area contributed by atoms with Crippen LogP contribution in [0.4, 0.5) is 0 Å². The van der Waals surface area contributed by atoms with Gasteiger partial charge in [-0.2, -0.15) is 0 Å². The van der Waals surface area contributed by atoms with Gasteiger partial charge < -0.3 is 19.9 Å². The number of ether oxygens (including phenoxy) is 1. The lowest BCUT2D eigenvalue weighted by atomic mass is 10.1. The number of amides is 2. The van der Waals surface area contributed by atoms with E-state index in [1.165, 1.54) is 0 Å². The third-order valence-electron chi connectivity index (χ3n) is 5.03. The van der Waals surface area contributed by atoms with Crippen LogP contribution < -0.4 is 5.32 Å². The van der Waals surface area contributed by atoms with Crippen molar-refractivity contribution in [3.05, 3.63) is 0 Å². The zero-order chi connectivity index (χ0) is 16.2. The maximum atomic E-state index is 12.6. The lowest BCUT2D eigenvalue weighted by molar-refractivity contribution is -0.136. The van der Waals surface area contributed by atoms with E-state index in [9.17, 15) is 9.59 Å². The third-order valence-corrected chi connectivity index (χ3v) is 5.03. The molecule has 0 aromatic heterocycles. The summed E-state index contributed by atoms with van der Waals surface area (Å²) in [5.74, 6) is 0.123. The van der Waals surface area contributed by atoms with Crippen molar-refractivity contribution in [2.24, 2.45) is 5.92 Å². The van der Waals surface area contributed by atoms with Gasteiger partial charge in [0.1, 0.15) is 0 Å². The fraction of sp³-hybridized carbons (Fsp3) is 0.875. The van der Waals surface area contributed by atoms with Crippen LogP contribution >= 0.6 is 24.8 Å². The number of carbonyl (C=O) groups is 2. The molecule has 2 amide bonds. The second kappa shape index (κ2) is 10.5. The van der Waals surface area contributed by atoms with Crippen molar-refractivity contribution in [3.8, 4) is 0 Å². The van der Waals surface area contributed by atoms with Gasteiger partial charge in [0.05, 0.1) is 19.1 Å². The second-order valence-electron chi connectivity index (χ2n) is 6.83. The molecule has 0 spiro atoms. The Morgan fingerprint density at radius 2 is 1.88 bits per heavy atom. The average molecular weight is 397 g/mol. The molecule has 7 nitrogen and oxygen atoms in total. The summed E-state index contributed by atoms with van der Waals surface area (Å²) in [6, 6.07) is 0.335. The predicted molar refractivity (Wildman–Crippen MR) is 100 cm³/mol. The summed E-state index contributed by atoms with van der Waals surface area (Å²) in [5, 5.41) is 3.34. The van der Waals surface area contributed by atoms with E-state index in [-0.39, 0.29) is 42.5 Å². The number of halogens is 2. The Hall–Kier alpha value is -0.600. The zero-order valence-electron chi connectivity index (χ0n) is 14.8. The molecule has 0 aromatic carbocycles. The molecule has 25 heavy (non-hydrogen) atoms. The highest BCUT2D eigenvalue weighted by molar-refractivity contribution is 5.89. The minimum absolute atomic E-state index is 0. The summed E-state index contributed by atoms with van der Waals surface area (Å²) in [4.78, 5) is 31.0. The van der Waals surface area contributed by atoms with Crippen LogP contribution in [-0.4, -0.2) is 98.1 Å². The van der Waals surface area contributed by atoms with Gasteiger partial charge in [-0.1, -0.05) is 0 Å². The molecule has 3 aliphatic rings. The molecule has 3 saturated heterocycles. The van der Waals surface area contributed by atoms with Crippen LogP contribution in [-0.2, 0) is 14.3 Å². The average Bonchev–Trinajstić information content (AvgIpc) is 2.94. The largest absolute Gasteiger partial charge is 0.379 e. The second-order valence-corrected chi connectivity index (χ2v) is 6.83. The molecule has 0 radical (unpaired) electrons. The number of piperazine rings is 1. The molecule has 146 valence electrons. The van der Waals surface area contributed by atoms with Crippen LogP contribution in [0.3, 0.4) is 0 Å². The molecular weight excluding hydrogens is 367 g/mol. The van der Waals surface area contributed by atoms with E-state index in [2.05, 4.69) is 17.1 Å². The number of morpholine rings is 1. The van der Waals surface area contributed by atoms with Crippen molar-refractivity contribution in [1.29, 1.82) is 0 Å². The van der Waals surface area contributed by atoms with Crippen molar-refractivity contribution >= 4 is 36.6 Å². The molecule has 3 aliphatic heterocycles. The fourth-order valence-corrected chi connectivity index (χ4v) is 3.63. The highest BCUT2D eigenvalue weighted by atomic mass is 35.5. The van der Waals surface area contributed by atoms with E-state index in [1.807, 2.05) is 9.80 Å². The molecule has 0 aliphatic carbocycles. The molecule has 2 unspecified atom stereocenters. The molecule has 3 heterocycles. The van der Waals surface area contributed by atoms with Crippen LogP contribution in [0.5, 0.6) is 0 Å². The third kappa shape index (κ3) is 5.96. The SMILES string of the molecule is CC1CN(C(=O)C2CC(=O)N(CCN3CCOCC3)C2)CCN1.Cl.Cl. The van der Waals surface area contributed by atoms with Gasteiger partial charge in [-0.25, -0.2) is 0 Å². The minimum Gasteiger partial charge on any atom is -0.379 e. The van der Waals surface area contributed by atoms with Crippen LogP contribution in [0.15, 0.2) is 0 Å². The standard InChI is InChI=1S/C16H28N4O3.2ClH/c1-13-11-20(3-2-17-13)16(22)14-10-15(21)19(12-14)5-4-18-6-8-23-9-7-18;;/h13-14,17H,2-12H2,1H3;2*1H. The van der Waals surface area contributed by atoms with Crippen LogP contribution in [0.2, 0.25) is 0 Å². The summed E-state index contributed by atoms with van der Waals surface area (Å²) in [7, 11) is 0. The van der Waals surface area contributed by atoms with Gasteiger partial charge in [0.2, 0.25) is 11.8 Å². The molecule has 3 fully saturated rings. The maximum Gasteiger partial charge on any atom is 0.228 e. The zero-order valence-corrected chi connectivity index (χ0v) is 16.4. The highest BCUT2D eigenvalue weighted by Crippen LogP contribution is 2.20. The number of likely N-dealkylation sites (tertiary alicyclic amines) is 1. The lowest BCUT2D eigenvalue weighted by Crippen LogP contribution is -2.53. The molecule has 0 bridgehead atoms. The lowest BCUT2D eigenvalue weighted by Gasteiger charge is -2.33. The highest BCUT2D eigenvalue weighted by Gasteiger charge is 2.37. The first-order chi connectivity index (χ1) is 11.1. The first-order valence-corrected chi connectivity index (χ1v) is 8.73. The number of carbonyl (C=O) groups excluding carboxylic acids is 2. The van der Waals surface area contributed by atoms with Gasteiger partial charge in [-0.05, 0) is 6.92 Å². The summed E-state index contributed by atoms with van der Waals surface area (Å²) in [5.41, 5.74) is 0. The Morgan fingerprint density at radius 1 is 1.16 bits per heavy atom. The van der Waals surface area contributed by atoms with Gasteiger partial charge in [0.25, 0.3) is 0 Å². The summed E-state index contributed by atoms with van der Waals surface area (Å²) < 4.78 is 5.34. The topological polar surface area (TPSA) is 65.1 Å². The van der Waals surface area contributed by atoms with Crippen LogP contribution in [0.1, 0.15) is 13.3 Å². The molecule has 2 atom stereocenters. The predicted octanol–water partition coefficient (Wildman–Crippen LogP) is -0.169. The van der Waals surface area contributed by atoms with E-state index in [0.717, 1.165) is 59.0 Å². The van der Waals surface area contributed by atoms with E-state index in [1.54, 1.807) is 0 Å². The van der Waals surface area contributed by atoms with Crippen LogP contribution in [0, 0.1) is 5.92 Å². The fourth-order valence-electron chi connectivity index (χ4n) is 3.63. The number of hydrogen-bond donors (Lipinski definition) is 1. The molecule has 0 aromatic rings. The number of rotatable bonds is 4. The Balaban J connectivity index is 0.00000156. The van der Waals surface area contributed by atoms with Crippen LogP contribution in [0.25, 0.3) is 0 Å². The van der Waals surface area contributed by atoms with Crippen molar-refractivity contribution in [3.63, 3.8) is 0 Å². The van der Waals surface area contributed by atoms with E-state index in [0.29, 0.717) is 19.0 Å². The molecule has 3 rings (SSSR count). The number of nitrogens with one attached hydrogen (secondary N) is 1. The molecule has 0 saturated carbocycles.